The molecule has 0 amide bonds. The van der Waals surface area contributed by atoms with Gasteiger partial charge in [-0.15, -0.1) is 0 Å². The molecule has 0 saturated carbocycles. The molecule has 0 aromatic carbocycles. The molecule has 0 heterocycles. The predicted molar refractivity (Wildman–Crippen MR) is 52.4 cm³/mol. The Balaban J connectivity index is 3.34. The van der Waals surface area contributed by atoms with E-state index in [1.54, 1.807) is 7.11 Å². The Kier molecular flexibility index (Phi) is 8.81. The molecule has 0 aliphatic rings. The number of halogens is 1. The van der Waals surface area contributed by atoms with Gasteiger partial charge in [-0.1, -0.05) is 22.9 Å². The van der Waals surface area contributed by atoms with Crippen LogP contribution in [0.5, 0.6) is 0 Å². The van der Waals surface area contributed by atoms with Gasteiger partial charge < -0.3 is 9.64 Å². The third-order valence-corrected chi connectivity index (χ3v) is 1.91. The molecule has 0 aliphatic heterocycles. The molecule has 0 spiro atoms. The van der Waals surface area contributed by atoms with Crippen LogP contribution >= 0.6 is 15.9 Å². The highest BCUT2D eigenvalue weighted by Crippen LogP contribution is 1.93. The number of alkyl halides is 1. The maximum atomic E-state index is 5.01. The molecule has 0 unspecified atom stereocenters. The highest BCUT2D eigenvalue weighted by Gasteiger charge is 2.00. The van der Waals surface area contributed by atoms with Gasteiger partial charge in [0.2, 0.25) is 0 Å². The van der Waals surface area contributed by atoms with Crippen LogP contribution in [0.3, 0.4) is 0 Å². The van der Waals surface area contributed by atoms with Gasteiger partial charge in [0.25, 0.3) is 0 Å². The van der Waals surface area contributed by atoms with Gasteiger partial charge in [-0.25, -0.2) is 0 Å². The van der Waals surface area contributed by atoms with Gasteiger partial charge >= 0.3 is 0 Å². The number of rotatable bonds is 7. The maximum absolute atomic E-state index is 5.01. The monoisotopic (exact) mass is 223 g/mol. The molecule has 0 aliphatic carbocycles. The van der Waals surface area contributed by atoms with Crippen molar-refractivity contribution in [2.75, 3.05) is 38.7 Å². The zero-order valence-corrected chi connectivity index (χ0v) is 9.06. The highest BCUT2D eigenvalue weighted by atomic mass is 79.9. The minimum Gasteiger partial charge on any atom is -0.383 e. The van der Waals surface area contributed by atoms with E-state index in [0.29, 0.717) is 0 Å². The van der Waals surface area contributed by atoms with Gasteiger partial charge in [-0.2, -0.15) is 0 Å². The van der Waals surface area contributed by atoms with Crippen molar-refractivity contribution in [3.8, 4) is 0 Å². The molecule has 0 radical (unpaired) electrons. The third kappa shape index (κ3) is 6.78. The first-order valence-electron chi connectivity index (χ1n) is 4.12. The van der Waals surface area contributed by atoms with E-state index in [9.17, 15) is 0 Å². The smallest absolute Gasteiger partial charge is 0.0589 e. The van der Waals surface area contributed by atoms with Crippen molar-refractivity contribution >= 4 is 15.9 Å². The highest BCUT2D eigenvalue weighted by molar-refractivity contribution is 9.09. The van der Waals surface area contributed by atoms with Gasteiger partial charge in [0.15, 0.2) is 0 Å². The molecule has 0 aromatic heterocycles. The van der Waals surface area contributed by atoms with E-state index in [0.717, 1.165) is 25.0 Å². The van der Waals surface area contributed by atoms with E-state index in [4.69, 9.17) is 4.74 Å². The summed E-state index contributed by atoms with van der Waals surface area (Å²) in [6.45, 7) is 6.39. The van der Waals surface area contributed by atoms with Crippen LogP contribution < -0.4 is 0 Å². The molecule has 0 fully saturated rings. The van der Waals surface area contributed by atoms with Crippen LogP contribution in [0.4, 0.5) is 0 Å². The summed E-state index contributed by atoms with van der Waals surface area (Å²) < 4.78 is 5.01. The topological polar surface area (TPSA) is 12.5 Å². The van der Waals surface area contributed by atoms with Gasteiger partial charge in [-0.05, 0) is 13.0 Å². The third-order valence-electron chi connectivity index (χ3n) is 1.55. The van der Waals surface area contributed by atoms with Gasteiger partial charge in [0, 0.05) is 25.5 Å². The summed E-state index contributed by atoms with van der Waals surface area (Å²) in [5.41, 5.74) is 0. The van der Waals surface area contributed by atoms with Crippen molar-refractivity contribution in [2.45, 2.75) is 13.3 Å². The van der Waals surface area contributed by atoms with Crippen molar-refractivity contribution in [3.05, 3.63) is 0 Å². The second-order valence-corrected chi connectivity index (χ2v) is 3.32. The molecule has 0 rings (SSSR count). The number of nitrogens with zero attached hydrogens (tertiary/aromatic N) is 1. The average Bonchev–Trinajstić information content (AvgIpc) is 2.01. The van der Waals surface area contributed by atoms with Crippen LogP contribution in [0.2, 0.25) is 0 Å². The van der Waals surface area contributed by atoms with Crippen molar-refractivity contribution in [3.63, 3.8) is 0 Å². The van der Waals surface area contributed by atoms with Crippen LogP contribution in [0.1, 0.15) is 13.3 Å². The largest absolute Gasteiger partial charge is 0.383 e. The molecule has 0 atom stereocenters. The molecule has 68 valence electrons. The Labute approximate surface area is 78.0 Å². The fourth-order valence-corrected chi connectivity index (χ4v) is 1.49. The fraction of sp³-hybridized carbons (Fsp3) is 1.00. The second-order valence-electron chi connectivity index (χ2n) is 2.52. The molecule has 0 bridgehead atoms. The number of ether oxygens (including phenoxy) is 1. The zero-order valence-electron chi connectivity index (χ0n) is 7.48. The predicted octanol–water partition coefficient (Wildman–Crippen LogP) is 1.74. The quantitative estimate of drug-likeness (QED) is 0.611. The first-order valence-corrected chi connectivity index (χ1v) is 5.24. The summed E-state index contributed by atoms with van der Waals surface area (Å²) in [7, 11) is 1.75. The van der Waals surface area contributed by atoms with E-state index < -0.39 is 0 Å². The molecule has 0 N–H and O–H groups in total. The number of hydrogen-bond donors (Lipinski definition) is 0. The summed E-state index contributed by atoms with van der Waals surface area (Å²) >= 11 is 3.43. The summed E-state index contributed by atoms with van der Waals surface area (Å²) in [6.07, 6.45) is 1.22. The summed E-state index contributed by atoms with van der Waals surface area (Å²) in [5, 5.41) is 1.05. The molecule has 2 nitrogen and oxygen atoms in total. The van der Waals surface area contributed by atoms with Crippen LogP contribution in [0.25, 0.3) is 0 Å². The second kappa shape index (κ2) is 8.50. The molecule has 3 heteroatoms. The Hall–Kier alpha value is 0.400. The van der Waals surface area contributed by atoms with Crippen molar-refractivity contribution in [1.82, 2.24) is 4.90 Å². The minimum absolute atomic E-state index is 0.840. The lowest BCUT2D eigenvalue weighted by atomic mass is 10.4. The fourth-order valence-electron chi connectivity index (χ4n) is 0.992. The molecular formula is C8H18BrNO. The Morgan fingerprint density at radius 1 is 1.27 bits per heavy atom. The molecule has 0 aromatic rings. The van der Waals surface area contributed by atoms with E-state index in [-0.39, 0.29) is 0 Å². The van der Waals surface area contributed by atoms with Crippen LogP contribution in [-0.4, -0.2) is 43.6 Å². The summed E-state index contributed by atoms with van der Waals surface area (Å²) in [6, 6.07) is 0. The van der Waals surface area contributed by atoms with Gasteiger partial charge in [0.05, 0.1) is 6.61 Å². The lowest BCUT2D eigenvalue weighted by Gasteiger charge is -2.19. The SMILES string of the molecule is CCCN(CCBr)CCOC. The van der Waals surface area contributed by atoms with Crippen LogP contribution in [0, 0.1) is 0 Å². The molecular weight excluding hydrogens is 206 g/mol. The van der Waals surface area contributed by atoms with Crippen LogP contribution in [-0.2, 0) is 4.74 Å². The van der Waals surface area contributed by atoms with E-state index in [1.807, 2.05) is 0 Å². The number of methoxy groups -OCH3 is 1. The average molecular weight is 224 g/mol. The van der Waals surface area contributed by atoms with Crippen molar-refractivity contribution < 1.29 is 4.74 Å². The van der Waals surface area contributed by atoms with Crippen molar-refractivity contribution in [2.24, 2.45) is 0 Å². The lowest BCUT2D eigenvalue weighted by Crippen LogP contribution is -2.29. The first-order chi connectivity index (χ1) is 5.35. The summed E-state index contributed by atoms with van der Waals surface area (Å²) in [5.74, 6) is 0. The normalized spacial score (nSPS) is 10.9. The zero-order chi connectivity index (χ0) is 8.53. The van der Waals surface area contributed by atoms with E-state index in [2.05, 4.69) is 27.8 Å². The van der Waals surface area contributed by atoms with Crippen molar-refractivity contribution in [1.29, 1.82) is 0 Å². The van der Waals surface area contributed by atoms with E-state index in [1.165, 1.54) is 13.0 Å². The van der Waals surface area contributed by atoms with Crippen LogP contribution in [0.15, 0.2) is 0 Å². The number of hydrogen-bond acceptors (Lipinski definition) is 2. The van der Waals surface area contributed by atoms with E-state index >= 15 is 0 Å². The lowest BCUT2D eigenvalue weighted by molar-refractivity contribution is 0.151. The van der Waals surface area contributed by atoms with Gasteiger partial charge in [-0.3, -0.25) is 0 Å². The maximum Gasteiger partial charge on any atom is 0.0589 e. The standard InChI is InChI=1S/C8H18BrNO/c1-3-5-10(6-4-9)7-8-11-2/h3-8H2,1-2H3. The first kappa shape index (κ1) is 11.4. The Morgan fingerprint density at radius 3 is 2.45 bits per heavy atom. The summed E-state index contributed by atoms with van der Waals surface area (Å²) in [4.78, 5) is 2.40. The van der Waals surface area contributed by atoms with Gasteiger partial charge in [0.1, 0.15) is 0 Å². The molecule has 0 saturated heterocycles. The Bertz CT molecular complexity index is 74.5. The molecule has 11 heavy (non-hydrogen) atoms. The Morgan fingerprint density at radius 2 is 2.00 bits per heavy atom. The minimum atomic E-state index is 0.840.